The molecule has 0 saturated heterocycles. The van der Waals surface area contributed by atoms with Crippen LogP contribution in [0.5, 0.6) is 0 Å². The van der Waals surface area contributed by atoms with E-state index in [1.807, 2.05) is 24.3 Å². The number of nitrogens with zero attached hydrogens (tertiary/aromatic N) is 4. The van der Waals surface area contributed by atoms with Crippen molar-refractivity contribution in [2.24, 2.45) is 17.1 Å². The molecule has 0 radical (unpaired) electrons. The second kappa shape index (κ2) is 8.54. The molecule has 0 bridgehead atoms. The Morgan fingerprint density at radius 3 is 2.15 bits per heavy atom. The summed E-state index contributed by atoms with van der Waals surface area (Å²) in [5.74, 6) is -1.13. The van der Waals surface area contributed by atoms with Crippen LogP contribution in [0.2, 0.25) is 0 Å². The van der Waals surface area contributed by atoms with Crippen LogP contribution in [0.25, 0.3) is 0 Å². The number of carbonyl (C=O) groups excluding carboxylic acids is 1. The Labute approximate surface area is 201 Å². The first-order chi connectivity index (χ1) is 15.8. The molecule has 0 aromatic heterocycles. The number of carbonyl (C=O) groups is 1. The summed E-state index contributed by atoms with van der Waals surface area (Å²) < 4.78 is 5.56. The molecule has 1 aromatic rings. The van der Waals surface area contributed by atoms with Gasteiger partial charge in [0.25, 0.3) is 0 Å². The van der Waals surface area contributed by atoms with Crippen molar-refractivity contribution >= 4 is 6.09 Å². The SMILES string of the molecule is CC(C)(C)OC(=O)N1CC=C2C(C#N)=C(N)C(C#N)(C#N)[C@@H](c3ccc(C(C)(C)C)cc3)[C@H]2C1. The molecule has 2 atom stereocenters. The zero-order chi connectivity index (χ0) is 25.5. The third-order valence-electron chi connectivity index (χ3n) is 6.45. The van der Waals surface area contributed by atoms with Gasteiger partial charge in [-0.25, -0.2) is 4.79 Å². The average molecular weight is 458 g/mol. The second-order valence-electron chi connectivity index (χ2n) is 10.9. The van der Waals surface area contributed by atoms with E-state index >= 15 is 0 Å². The molecule has 0 unspecified atom stereocenters. The highest BCUT2D eigenvalue weighted by Gasteiger charge is 2.55. The van der Waals surface area contributed by atoms with Gasteiger partial charge in [0, 0.05) is 24.9 Å². The van der Waals surface area contributed by atoms with E-state index in [0.717, 1.165) is 11.1 Å². The lowest BCUT2D eigenvalue weighted by atomic mass is 9.58. The van der Waals surface area contributed by atoms with Gasteiger partial charge in [0.05, 0.1) is 23.4 Å². The molecule has 34 heavy (non-hydrogen) atoms. The standard InChI is InChI=1S/C27H31N5O2/c1-25(2,3)18-9-7-17(8-10-18)22-21-14-32(24(33)34-26(4,5)6)12-11-19(21)20(13-28)23(31)27(22,15-29)16-30/h7-11,21-22H,12,14,31H2,1-6H3/t21-,22-/m0/s1. The van der Waals surface area contributed by atoms with E-state index < -0.39 is 28.9 Å². The summed E-state index contributed by atoms with van der Waals surface area (Å²) in [6, 6.07) is 14.2. The molecular formula is C27H31N5O2. The van der Waals surface area contributed by atoms with Crippen LogP contribution < -0.4 is 5.73 Å². The smallest absolute Gasteiger partial charge is 0.410 e. The zero-order valence-corrected chi connectivity index (χ0v) is 20.6. The monoisotopic (exact) mass is 457 g/mol. The van der Waals surface area contributed by atoms with Gasteiger partial charge in [0.15, 0.2) is 5.41 Å². The minimum atomic E-state index is -1.74. The predicted octanol–water partition coefficient (Wildman–Crippen LogP) is 4.64. The van der Waals surface area contributed by atoms with Gasteiger partial charge in [0.2, 0.25) is 0 Å². The molecule has 1 aliphatic heterocycles. The third kappa shape index (κ3) is 4.25. The van der Waals surface area contributed by atoms with Crippen molar-refractivity contribution in [2.45, 2.75) is 58.5 Å². The summed E-state index contributed by atoms with van der Waals surface area (Å²) in [4.78, 5) is 14.4. The number of rotatable bonds is 1. The molecule has 2 N–H and O–H groups in total. The minimum absolute atomic E-state index is 0.0295. The summed E-state index contributed by atoms with van der Waals surface area (Å²) in [6.45, 7) is 12.2. The van der Waals surface area contributed by atoms with Crippen molar-refractivity contribution < 1.29 is 9.53 Å². The molecule has 7 nitrogen and oxygen atoms in total. The number of nitrogens with two attached hydrogens (primary N) is 1. The lowest BCUT2D eigenvalue weighted by Crippen LogP contribution is -2.50. The van der Waals surface area contributed by atoms with Crippen LogP contribution in [-0.2, 0) is 10.2 Å². The predicted molar refractivity (Wildman–Crippen MR) is 128 cm³/mol. The molecular weight excluding hydrogens is 426 g/mol. The molecule has 0 fully saturated rings. The zero-order valence-electron chi connectivity index (χ0n) is 20.6. The van der Waals surface area contributed by atoms with Crippen molar-refractivity contribution in [1.82, 2.24) is 4.90 Å². The Hall–Kier alpha value is -3.76. The van der Waals surface area contributed by atoms with E-state index in [2.05, 4.69) is 39.0 Å². The average Bonchev–Trinajstić information content (AvgIpc) is 2.76. The van der Waals surface area contributed by atoms with Crippen LogP contribution in [0.15, 0.2) is 47.2 Å². The Morgan fingerprint density at radius 1 is 1.09 bits per heavy atom. The fourth-order valence-electron chi connectivity index (χ4n) is 4.72. The first kappa shape index (κ1) is 24.9. The van der Waals surface area contributed by atoms with Gasteiger partial charge >= 0.3 is 6.09 Å². The summed E-state index contributed by atoms with van der Waals surface area (Å²) in [7, 11) is 0. The van der Waals surface area contributed by atoms with E-state index in [9.17, 15) is 20.6 Å². The Kier molecular flexibility index (Phi) is 6.25. The summed E-state index contributed by atoms with van der Waals surface area (Å²) in [6.07, 6.45) is 1.31. The molecule has 1 aliphatic carbocycles. The van der Waals surface area contributed by atoms with Gasteiger partial charge in [-0.1, -0.05) is 51.1 Å². The highest BCUT2D eigenvalue weighted by molar-refractivity contribution is 5.70. The first-order valence-electron chi connectivity index (χ1n) is 11.3. The maximum atomic E-state index is 12.8. The Morgan fingerprint density at radius 2 is 1.68 bits per heavy atom. The fourth-order valence-corrected chi connectivity index (χ4v) is 4.72. The quantitative estimate of drug-likeness (QED) is 0.654. The fraction of sp³-hybridized carbons (Fsp3) is 0.481. The van der Waals surface area contributed by atoms with E-state index in [4.69, 9.17) is 10.5 Å². The molecule has 0 spiro atoms. The van der Waals surface area contributed by atoms with Crippen LogP contribution in [0.3, 0.4) is 0 Å². The van der Waals surface area contributed by atoms with Gasteiger partial charge in [-0.05, 0) is 42.9 Å². The first-order valence-corrected chi connectivity index (χ1v) is 11.3. The molecule has 3 rings (SSSR count). The van der Waals surface area contributed by atoms with Crippen LogP contribution in [0.4, 0.5) is 4.79 Å². The van der Waals surface area contributed by atoms with E-state index in [0.29, 0.717) is 5.57 Å². The van der Waals surface area contributed by atoms with Crippen molar-refractivity contribution in [3.63, 3.8) is 0 Å². The minimum Gasteiger partial charge on any atom is -0.444 e. The molecule has 7 heteroatoms. The lowest BCUT2D eigenvalue weighted by molar-refractivity contribution is 0.0224. The number of hydrogen-bond acceptors (Lipinski definition) is 6. The number of fused-ring (bicyclic) bond motifs is 1. The van der Waals surface area contributed by atoms with Crippen LogP contribution in [-0.4, -0.2) is 29.7 Å². The number of nitriles is 3. The number of benzene rings is 1. The molecule has 176 valence electrons. The van der Waals surface area contributed by atoms with E-state index in [-0.39, 0.29) is 29.8 Å². The maximum absolute atomic E-state index is 12.8. The van der Waals surface area contributed by atoms with E-state index in [1.165, 1.54) is 0 Å². The van der Waals surface area contributed by atoms with Gasteiger partial charge in [0.1, 0.15) is 11.7 Å². The molecule has 1 amide bonds. The topological polar surface area (TPSA) is 127 Å². The van der Waals surface area contributed by atoms with Gasteiger partial charge in [-0.2, -0.15) is 15.8 Å². The largest absolute Gasteiger partial charge is 0.444 e. The van der Waals surface area contributed by atoms with Crippen molar-refractivity contribution in [1.29, 1.82) is 15.8 Å². The third-order valence-corrected chi connectivity index (χ3v) is 6.45. The Bertz CT molecular complexity index is 1160. The number of allylic oxidation sites excluding steroid dienone is 2. The molecule has 0 saturated carbocycles. The summed E-state index contributed by atoms with van der Waals surface area (Å²) in [5, 5.41) is 30.4. The lowest BCUT2D eigenvalue weighted by Gasteiger charge is -2.45. The number of ether oxygens (including phenoxy) is 1. The van der Waals surface area contributed by atoms with Crippen LogP contribution in [0, 0.1) is 45.3 Å². The van der Waals surface area contributed by atoms with Gasteiger partial charge < -0.3 is 15.4 Å². The molecule has 2 aliphatic rings. The van der Waals surface area contributed by atoms with Crippen molar-refractivity contribution in [3.8, 4) is 18.2 Å². The van der Waals surface area contributed by atoms with Crippen molar-refractivity contribution in [3.05, 3.63) is 58.3 Å². The second-order valence-corrected chi connectivity index (χ2v) is 10.9. The molecule has 1 heterocycles. The molecule has 1 aromatic carbocycles. The number of amides is 1. The van der Waals surface area contributed by atoms with Gasteiger partial charge in [-0.3, -0.25) is 0 Å². The summed E-state index contributed by atoms with van der Waals surface area (Å²) in [5.41, 5.74) is 6.56. The van der Waals surface area contributed by atoms with E-state index in [1.54, 1.807) is 31.7 Å². The Balaban J connectivity index is 2.18. The van der Waals surface area contributed by atoms with Crippen molar-refractivity contribution in [2.75, 3.05) is 13.1 Å². The van der Waals surface area contributed by atoms with Crippen LogP contribution >= 0.6 is 0 Å². The number of hydrogen-bond donors (Lipinski definition) is 1. The van der Waals surface area contributed by atoms with Crippen LogP contribution in [0.1, 0.15) is 58.6 Å². The maximum Gasteiger partial charge on any atom is 0.410 e. The normalized spacial score (nSPS) is 22.0. The summed E-state index contributed by atoms with van der Waals surface area (Å²) >= 11 is 0. The highest BCUT2D eigenvalue weighted by atomic mass is 16.6. The van der Waals surface area contributed by atoms with Gasteiger partial charge in [-0.15, -0.1) is 0 Å². The highest BCUT2D eigenvalue weighted by Crippen LogP contribution is 2.54.